The molecular weight excluding hydrogens is 406 g/mol. The fraction of sp³-hybridized carbons (Fsp3) is 0.278. The summed E-state index contributed by atoms with van der Waals surface area (Å²) in [5, 5.41) is 0. The van der Waals surface area contributed by atoms with E-state index in [2.05, 4.69) is 4.98 Å². The van der Waals surface area contributed by atoms with Gasteiger partial charge < -0.3 is 14.2 Å². The molecule has 0 saturated carbocycles. The van der Waals surface area contributed by atoms with Crippen LogP contribution in [0, 0.1) is 0 Å². The molecule has 0 spiro atoms. The molecule has 1 heterocycles. The zero-order valence-corrected chi connectivity index (χ0v) is 15.5. The highest BCUT2D eigenvalue weighted by molar-refractivity contribution is 6.55. The van der Waals surface area contributed by atoms with Crippen LogP contribution in [-0.4, -0.2) is 24.8 Å². The van der Waals surface area contributed by atoms with E-state index in [0.29, 0.717) is 24.5 Å². The van der Waals surface area contributed by atoms with Crippen molar-refractivity contribution in [1.29, 1.82) is 0 Å². The van der Waals surface area contributed by atoms with Gasteiger partial charge in [0.05, 0.1) is 18.8 Å². The Balaban J connectivity index is 1.70. The maximum Gasteiger partial charge on any atom is 0.417 e. The number of alkyl halides is 3. The van der Waals surface area contributed by atoms with Crippen molar-refractivity contribution < 1.29 is 27.4 Å². The lowest BCUT2D eigenvalue weighted by atomic mass is 10.3. The average Bonchev–Trinajstić information content (AvgIpc) is 2.61. The largest absolute Gasteiger partial charge is 0.493 e. The Hall–Kier alpha value is -2.12. The molecule has 0 saturated heterocycles. The van der Waals surface area contributed by atoms with Gasteiger partial charge in [0.25, 0.3) is 0 Å². The molecule has 9 heteroatoms. The number of aromatic nitrogens is 1. The van der Waals surface area contributed by atoms with E-state index in [1.807, 2.05) is 0 Å². The van der Waals surface area contributed by atoms with Crippen LogP contribution in [-0.2, 0) is 6.18 Å². The summed E-state index contributed by atoms with van der Waals surface area (Å²) in [6, 6.07) is 9.15. The topological polar surface area (TPSA) is 40.6 Å². The van der Waals surface area contributed by atoms with Crippen LogP contribution in [0.1, 0.15) is 12.0 Å². The van der Waals surface area contributed by atoms with E-state index >= 15 is 0 Å². The van der Waals surface area contributed by atoms with Gasteiger partial charge in [-0.1, -0.05) is 29.3 Å². The van der Waals surface area contributed by atoms with Gasteiger partial charge in [0, 0.05) is 24.8 Å². The van der Waals surface area contributed by atoms with Crippen molar-refractivity contribution in [3.8, 4) is 17.4 Å². The number of halogens is 5. The molecule has 0 fully saturated rings. The fourth-order valence-electron chi connectivity index (χ4n) is 1.91. The second-order valence-corrected chi connectivity index (χ2v) is 6.22. The van der Waals surface area contributed by atoms with E-state index in [-0.39, 0.29) is 23.6 Å². The van der Waals surface area contributed by atoms with Crippen LogP contribution < -0.4 is 14.2 Å². The lowest BCUT2D eigenvalue weighted by Crippen LogP contribution is -2.08. The third-order valence-electron chi connectivity index (χ3n) is 3.16. The van der Waals surface area contributed by atoms with Gasteiger partial charge >= 0.3 is 6.18 Å². The highest BCUT2D eigenvalue weighted by atomic mass is 35.5. The minimum atomic E-state index is -4.41. The first-order chi connectivity index (χ1) is 12.8. The lowest BCUT2D eigenvalue weighted by Gasteiger charge is -2.10. The summed E-state index contributed by atoms with van der Waals surface area (Å²) in [7, 11) is 0. The zero-order valence-electron chi connectivity index (χ0n) is 14.0. The van der Waals surface area contributed by atoms with Gasteiger partial charge in [0.1, 0.15) is 22.6 Å². The minimum absolute atomic E-state index is 0.129. The molecule has 2 rings (SSSR count). The van der Waals surface area contributed by atoms with Crippen molar-refractivity contribution in [3.63, 3.8) is 0 Å². The summed E-state index contributed by atoms with van der Waals surface area (Å²) in [6.07, 6.45) is -1.63. The fourth-order valence-corrected chi connectivity index (χ4v) is 2.04. The monoisotopic (exact) mass is 421 g/mol. The molecule has 0 bridgehead atoms. The van der Waals surface area contributed by atoms with Crippen molar-refractivity contribution in [2.75, 3.05) is 19.8 Å². The summed E-state index contributed by atoms with van der Waals surface area (Å²) in [6.45, 7) is 0.852. The van der Waals surface area contributed by atoms with E-state index < -0.39 is 11.7 Å². The number of pyridine rings is 1. The molecular formula is C18H16Cl2F3NO3. The minimum Gasteiger partial charge on any atom is -0.493 e. The van der Waals surface area contributed by atoms with E-state index in [0.717, 1.165) is 12.3 Å². The molecule has 0 amide bonds. The third kappa shape index (κ3) is 7.97. The second-order valence-electron chi connectivity index (χ2n) is 5.21. The van der Waals surface area contributed by atoms with Crippen LogP contribution >= 0.6 is 23.2 Å². The van der Waals surface area contributed by atoms with Crippen LogP contribution in [0.2, 0.25) is 0 Å². The summed E-state index contributed by atoms with van der Waals surface area (Å²) < 4.78 is 53.8. The predicted molar refractivity (Wildman–Crippen MR) is 96.6 cm³/mol. The number of rotatable bonds is 9. The molecule has 0 N–H and O–H groups in total. The number of benzene rings is 1. The summed E-state index contributed by atoms with van der Waals surface area (Å²) >= 11 is 11.0. The van der Waals surface area contributed by atoms with Crippen LogP contribution in [0.4, 0.5) is 13.2 Å². The van der Waals surface area contributed by atoms with Crippen LogP contribution in [0.15, 0.2) is 53.2 Å². The first kappa shape index (κ1) is 21.2. The van der Waals surface area contributed by atoms with Gasteiger partial charge in [0.15, 0.2) is 0 Å². The highest BCUT2D eigenvalue weighted by Gasteiger charge is 2.30. The summed E-state index contributed by atoms with van der Waals surface area (Å²) in [4.78, 5) is 3.63. The van der Waals surface area contributed by atoms with Crippen LogP contribution in [0.3, 0.4) is 0 Å². The van der Waals surface area contributed by atoms with Crippen molar-refractivity contribution in [1.82, 2.24) is 4.98 Å². The Labute approximate surface area is 164 Å². The lowest BCUT2D eigenvalue weighted by molar-refractivity contribution is -0.137. The van der Waals surface area contributed by atoms with Crippen molar-refractivity contribution >= 4 is 23.2 Å². The molecule has 0 aliphatic carbocycles. The Kier molecular flexibility index (Phi) is 8.06. The van der Waals surface area contributed by atoms with Gasteiger partial charge in [-0.15, -0.1) is 0 Å². The van der Waals surface area contributed by atoms with Crippen molar-refractivity contribution in [2.45, 2.75) is 12.6 Å². The Morgan fingerprint density at radius 2 is 1.70 bits per heavy atom. The van der Waals surface area contributed by atoms with Gasteiger partial charge in [-0.3, -0.25) is 0 Å². The Morgan fingerprint density at radius 1 is 1.00 bits per heavy atom. The number of hydrogen-bond acceptors (Lipinski definition) is 4. The quantitative estimate of drug-likeness (QED) is 0.490. The summed E-state index contributed by atoms with van der Waals surface area (Å²) in [5.41, 5.74) is -0.816. The van der Waals surface area contributed by atoms with Crippen molar-refractivity contribution in [3.05, 3.63) is 58.7 Å². The molecule has 0 radical (unpaired) electrons. The SMILES string of the molecule is FC(F)(F)c1ccc(OCCCOc2cccc(OCC=C(Cl)Cl)c2)nc1. The van der Waals surface area contributed by atoms with Gasteiger partial charge in [0.2, 0.25) is 5.88 Å². The molecule has 1 aromatic heterocycles. The van der Waals surface area contributed by atoms with E-state index in [1.165, 1.54) is 12.1 Å². The normalized spacial score (nSPS) is 11.0. The first-order valence-electron chi connectivity index (χ1n) is 7.87. The maximum atomic E-state index is 12.4. The molecule has 0 aliphatic heterocycles. The van der Waals surface area contributed by atoms with Crippen LogP contribution in [0.25, 0.3) is 0 Å². The number of ether oxygens (including phenoxy) is 3. The van der Waals surface area contributed by atoms with Gasteiger partial charge in [-0.2, -0.15) is 13.2 Å². The molecule has 2 aromatic rings. The van der Waals surface area contributed by atoms with Crippen LogP contribution in [0.5, 0.6) is 17.4 Å². The zero-order chi connectivity index (χ0) is 19.7. The Bertz CT molecular complexity index is 748. The van der Waals surface area contributed by atoms with Crippen molar-refractivity contribution in [2.24, 2.45) is 0 Å². The average molecular weight is 422 g/mol. The van der Waals surface area contributed by atoms with E-state index in [4.69, 9.17) is 37.4 Å². The molecule has 27 heavy (non-hydrogen) atoms. The van der Waals surface area contributed by atoms with E-state index in [1.54, 1.807) is 24.3 Å². The maximum absolute atomic E-state index is 12.4. The molecule has 4 nitrogen and oxygen atoms in total. The highest BCUT2D eigenvalue weighted by Crippen LogP contribution is 2.29. The number of hydrogen-bond donors (Lipinski definition) is 0. The van der Waals surface area contributed by atoms with Gasteiger partial charge in [-0.25, -0.2) is 4.98 Å². The van der Waals surface area contributed by atoms with Gasteiger partial charge in [-0.05, 0) is 24.3 Å². The smallest absolute Gasteiger partial charge is 0.417 e. The molecule has 146 valence electrons. The third-order valence-corrected chi connectivity index (χ3v) is 3.47. The second kappa shape index (κ2) is 10.3. The predicted octanol–water partition coefficient (Wildman–Crippen LogP) is 5.65. The number of nitrogens with zero attached hydrogens (tertiary/aromatic N) is 1. The van der Waals surface area contributed by atoms with E-state index in [9.17, 15) is 13.2 Å². The summed E-state index contributed by atoms with van der Waals surface area (Å²) in [5.74, 6) is 1.34. The first-order valence-corrected chi connectivity index (χ1v) is 8.63. The molecule has 0 atom stereocenters. The molecule has 0 aliphatic rings. The molecule has 0 unspecified atom stereocenters. The molecule has 1 aromatic carbocycles. The Morgan fingerprint density at radius 3 is 2.33 bits per heavy atom. The standard InChI is InChI=1S/C18H16Cl2F3NO3/c19-16(20)7-10-26-15-4-1-3-14(11-15)25-8-2-9-27-17-6-5-13(12-24-17)18(21,22)23/h1,3-7,11-12H,2,8-10H2.